The molecule has 0 saturated carbocycles. The summed E-state index contributed by atoms with van der Waals surface area (Å²) in [6.45, 7) is -1.86. The van der Waals surface area contributed by atoms with Crippen LogP contribution >= 0.6 is 23.5 Å². The van der Waals surface area contributed by atoms with Crippen LogP contribution in [0.2, 0.25) is 0 Å². The van der Waals surface area contributed by atoms with Crippen molar-refractivity contribution in [2.45, 2.75) is 49.4 Å². The average molecular weight is 717 g/mol. The molecule has 0 radical (unpaired) electrons. The van der Waals surface area contributed by atoms with Gasteiger partial charge in [0.2, 0.25) is 0 Å². The minimum atomic E-state index is -5.89. The molecule has 3 unspecified atom stereocenters. The fraction of sp³-hybridized carbons (Fsp3) is 0.526. The Morgan fingerprint density at radius 2 is 1.59 bits per heavy atom. The monoisotopic (exact) mass is 717 g/mol. The van der Waals surface area contributed by atoms with Crippen LogP contribution in [-0.2, 0) is 40.8 Å². The number of nitrogens with two attached hydrogens (primary N) is 1. The molecule has 2 aliphatic heterocycles. The summed E-state index contributed by atoms with van der Waals surface area (Å²) >= 11 is 0. The Labute approximate surface area is 254 Å². The predicted molar refractivity (Wildman–Crippen MR) is 145 cm³/mol. The smallest absolute Gasteiger partial charge is 0.388 e. The van der Waals surface area contributed by atoms with Crippen LogP contribution in [-0.4, -0.2) is 103 Å². The van der Waals surface area contributed by atoms with E-state index in [-0.39, 0.29) is 23.4 Å². The van der Waals surface area contributed by atoms with E-state index in [1.165, 1.54) is 10.9 Å². The quantitative estimate of drug-likeness (QED) is 0.0904. The molecule has 0 aliphatic carbocycles. The average Bonchev–Trinajstić information content (AvgIpc) is 3.61. The molecule has 0 amide bonds. The van der Waals surface area contributed by atoms with Crippen LogP contribution in [0.15, 0.2) is 34.5 Å². The van der Waals surface area contributed by atoms with Crippen molar-refractivity contribution < 1.29 is 70.8 Å². The molecule has 5 rings (SSSR count). The van der Waals surface area contributed by atoms with E-state index in [2.05, 4.69) is 32.6 Å². The number of phosphoric ester groups is 2. The van der Waals surface area contributed by atoms with Gasteiger partial charge in [-0.3, -0.25) is 28.0 Å². The van der Waals surface area contributed by atoms with Gasteiger partial charge in [0.1, 0.15) is 36.3 Å². The van der Waals surface area contributed by atoms with E-state index in [1.54, 1.807) is 0 Å². The van der Waals surface area contributed by atoms with Gasteiger partial charge >= 0.3 is 29.2 Å². The number of aliphatic hydroxyl groups is 3. The minimum Gasteiger partial charge on any atom is -0.388 e. The van der Waals surface area contributed by atoms with E-state index >= 15 is 0 Å². The van der Waals surface area contributed by atoms with Gasteiger partial charge in [-0.25, -0.2) is 33.4 Å². The zero-order chi connectivity index (χ0) is 33.6. The molecule has 5 heterocycles. The Hall–Kier alpha value is -2.76. The maximum atomic E-state index is 12.3. The number of H-pyrrole nitrogens is 1. The van der Waals surface area contributed by atoms with Gasteiger partial charge in [0, 0.05) is 18.7 Å². The summed E-state index contributed by atoms with van der Waals surface area (Å²) in [7, 11) is -17.0. The molecule has 46 heavy (non-hydrogen) atoms. The Kier molecular flexibility index (Phi) is 9.80. The summed E-state index contributed by atoms with van der Waals surface area (Å²) in [6.07, 6.45) is -6.95. The summed E-state index contributed by atoms with van der Waals surface area (Å²) in [6, 6.07) is 0.919. The van der Waals surface area contributed by atoms with Crippen molar-refractivity contribution in [3.8, 4) is 0 Å². The van der Waals surface area contributed by atoms with Crippen molar-refractivity contribution in [3.05, 3.63) is 45.8 Å². The lowest BCUT2D eigenvalue weighted by atomic mass is 10.1. The minimum absolute atomic E-state index is 0.0699. The first kappa shape index (κ1) is 34.6. The van der Waals surface area contributed by atoms with E-state index < -0.39 is 90.9 Å². The second kappa shape index (κ2) is 13.0. The highest BCUT2D eigenvalue weighted by Gasteiger charge is 2.47. The lowest BCUT2D eigenvalue weighted by molar-refractivity contribution is -0.0543. The van der Waals surface area contributed by atoms with E-state index in [0.29, 0.717) is 4.57 Å². The van der Waals surface area contributed by atoms with Crippen LogP contribution in [0.25, 0.3) is 11.2 Å². The van der Waals surface area contributed by atoms with Crippen molar-refractivity contribution in [1.82, 2.24) is 29.1 Å². The first-order valence-corrected chi connectivity index (χ1v) is 17.2. The van der Waals surface area contributed by atoms with Gasteiger partial charge in [0.15, 0.2) is 23.9 Å². The van der Waals surface area contributed by atoms with Gasteiger partial charge < -0.3 is 45.2 Å². The maximum absolute atomic E-state index is 12.3. The number of rotatable bonds is 12. The van der Waals surface area contributed by atoms with Gasteiger partial charge in [-0.05, 0) is 0 Å². The molecule has 0 aromatic carbocycles. The number of phosphoric acid groups is 3. The SMILES string of the molecule is Nc1ncnc2c1ncn2[C@H]1O[C@H](COP(=O)(O)OP(=O)(O)OP(=O)(O)OC[C@H]2O[C@@H](n3ccc(=O)[nH]c3=O)[C@H](O)[C@@H]2O)C[C@H]1O. The summed E-state index contributed by atoms with van der Waals surface area (Å²) in [5, 5.41) is 30.9. The van der Waals surface area contributed by atoms with E-state index in [0.717, 1.165) is 18.6 Å². The van der Waals surface area contributed by atoms with Gasteiger partial charge in [-0.1, -0.05) is 0 Å². The molecule has 10 atom stereocenters. The second-order valence-electron chi connectivity index (χ2n) is 9.76. The molecule has 3 aromatic rings. The predicted octanol–water partition coefficient (Wildman–Crippen LogP) is -2.41. The molecule has 254 valence electrons. The number of aromatic nitrogens is 6. The number of fused-ring (bicyclic) bond motifs is 1. The molecule has 3 aromatic heterocycles. The summed E-state index contributed by atoms with van der Waals surface area (Å²) in [5.41, 5.74) is 4.41. The number of nitrogen functional groups attached to an aromatic ring is 1. The molecule has 2 fully saturated rings. The van der Waals surface area contributed by atoms with Crippen LogP contribution in [0, 0.1) is 0 Å². The number of aromatic amines is 1. The molecular formula is C19H26N7O17P3. The third kappa shape index (κ3) is 7.68. The number of ether oxygens (including phenoxy) is 2. The molecule has 24 nitrogen and oxygen atoms in total. The molecule has 27 heteroatoms. The number of aliphatic hydroxyl groups excluding tert-OH is 3. The van der Waals surface area contributed by atoms with Crippen molar-refractivity contribution in [3.63, 3.8) is 0 Å². The molecule has 9 N–H and O–H groups in total. The van der Waals surface area contributed by atoms with E-state index in [1.807, 2.05) is 4.98 Å². The number of nitrogens with zero attached hydrogens (tertiary/aromatic N) is 5. The fourth-order valence-corrected chi connectivity index (χ4v) is 8.08. The highest BCUT2D eigenvalue weighted by atomic mass is 31.3. The second-order valence-corrected chi connectivity index (χ2v) is 14.4. The van der Waals surface area contributed by atoms with Crippen LogP contribution in [0.5, 0.6) is 0 Å². The lowest BCUT2D eigenvalue weighted by Crippen LogP contribution is -2.37. The molecule has 2 aliphatic rings. The third-order valence-electron chi connectivity index (χ3n) is 6.53. The van der Waals surface area contributed by atoms with E-state index in [4.69, 9.17) is 15.2 Å². The normalized spacial score (nSPS) is 30.6. The standard InChI is InChI=1S/C19H26N7O17P3/c20-15-12-16(22-6-21-15)26(7-23-12)17-9(27)3-8(40-17)4-38-44(32,33)42-46(36,37)43-45(34,35)39-5-10-13(29)14(30)18(41-10)25-2-1-11(28)24-19(25)31/h1-2,6-10,13-14,17-18,27,29-30H,3-5H2,(H,32,33)(H,34,35)(H,36,37)(H2,20,21,22)(H,24,28,31)/t8-,9+,10+,13+,14+,17-,18+/m0/s1. The number of hydrogen-bond acceptors (Lipinski definition) is 18. The van der Waals surface area contributed by atoms with Crippen molar-refractivity contribution in [2.75, 3.05) is 18.9 Å². The number of hydrogen-bond donors (Lipinski definition) is 8. The Bertz CT molecular complexity index is 1850. The Morgan fingerprint density at radius 3 is 2.26 bits per heavy atom. The first-order valence-electron chi connectivity index (χ1n) is 12.7. The molecule has 0 spiro atoms. The zero-order valence-corrected chi connectivity index (χ0v) is 25.5. The Balaban J connectivity index is 1.13. The summed E-state index contributed by atoms with van der Waals surface area (Å²) in [4.78, 5) is 66.6. The Morgan fingerprint density at radius 1 is 0.913 bits per heavy atom. The largest absolute Gasteiger partial charge is 0.490 e. The third-order valence-corrected chi connectivity index (χ3v) is 10.8. The lowest BCUT2D eigenvalue weighted by Gasteiger charge is -2.21. The molecule has 2 saturated heterocycles. The fourth-order valence-electron chi connectivity index (χ4n) is 4.54. The first-order chi connectivity index (χ1) is 21.5. The van der Waals surface area contributed by atoms with Gasteiger partial charge in [0.05, 0.1) is 25.6 Å². The van der Waals surface area contributed by atoms with Crippen LogP contribution in [0.4, 0.5) is 5.82 Å². The summed E-state index contributed by atoms with van der Waals surface area (Å²) < 4.78 is 67.0. The highest BCUT2D eigenvalue weighted by Crippen LogP contribution is 2.67. The van der Waals surface area contributed by atoms with Crippen LogP contribution in [0.1, 0.15) is 18.9 Å². The van der Waals surface area contributed by atoms with Crippen LogP contribution < -0.4 is 17.0 Å². The number of anilines is 1. The van der Waals surface area contributed by atoms with Gasteiger partial charge in [-0.15, -0.1) is 0 Å². The van der Waals surface area contributed by atoms with Gasteiger partial charge in [0.25, 0.3) is 5.56 Å². The number of nitrogens with one attached hydrogen (secondary N) is 1. The van der Waals surface area contributed by atoms with E-state index in [9.17, 15) is 53.3 Å². The maximum Gasteiger partial charge on any atom is 0.490 e. The molecular weight excluding hydrogens is 691 g/mol. The van der Waals surface area contributed by atoms with Crippen molar-refractivity contribution in [1.29, 1.82) is 0 Å². The topological polar surface area (TPSA) is 352 Å². The van der Waals surface area contributed by atoms with Crippen LogP contribution in [0.3, 0.4) is 0 Å². The van der Waals surface area contributed by atoms with Crippen molar-refractivity contribution >= 4 is 40.4 Å². The molecule has 0 bridgehead atoms. The summed E-state index contributed by atoms with van der Waals surface area (Å²) in [5.74, 6) is 0.0699. The highest BCUT2D eigenvalue weighted by molar-refractivity contribution is 7.66. The zero-order valence-electron chi connectivity index (χ0n) is 22.8. The number of imidazole rings is 1. The van der Waals surface area contributed by atoms with Gasteiger partial charge in [-0.2, -0.15) is 8.62 Å². The van der Waals surface area contributed by atoms with Crippen molar-refractivity contribution in [2.24, 2.45) is 0 Å².